The molecule has 0 radical (unpaired) electrons. The number of nitrogens with one attached hydrogen (secondary N) is 2. The van der Waals surface area contributed by atoms with E-state index in [2.05, 4.69) is 15.6 Å². The number of benzene rings is 1. The van der Waals surface area contributed by atoms with Crippen LogP contribution in [0.15, 0.2) is 40.7 Å². The zero-order chi connectivity index (χ0) is 21.0. The molecule has 3 rings (SSSR count). The molecule has 1 fully saturated rings. The number of carbonyl (C=O) groups is 2. The molecular formula is C18H21FN4O4S2. The van der Waals surface area contributed by atoms with Gasteiger partial charge in [-0.3, -0.25) is 9.59 Å². The first-order valence-corrected chi connectivity index (χ1v) is 11.4. The second-order valence-electron chi connectivity index (χ2n) is 6.71. The van der Waals surface area contributed by atoms with Crippen LogP contribution in [0.25, 0.3) is 0 Å². The van der Waals surface area contributed by atoms with Gasteiger partial charge in [0.25, 0.3) is 0 Å². The van der Waals surface area contributed by atoms with Crippen LogP contribution >= 0.6 is 11.3 Å². The van der Waals surface area contributed by atoms with Gasteiger partial charge in [-0.25, -0.2) is 17.8 Å². The van der Waals surface area contributed by atoms with Crippen molar-refractivity contribution in [2.45, 2.75) is 30.7 Å². The first-order chi connectivity index (χ1) is 13.8. The monoisotopic (exact) mass is 440 g/mol. The van der Waals surface area contributed by atoms with E-state index < -0.39 is 33.7 Å². The standard InChI is InChI=1S/C18H21FN4O4S2/c1-12(16(24)22-18-20-8-10-28-18)21-17(25)13-3-2-9-23(11-13)29(26,27)15-6-4-14(19)5-7-15/h4-8,10,12-13H,2-3,9,11H2,1H3,(H,21,25)(H,20,22,24)/t12-,13-/m0/s1. The summed E-state index contributed by atoms with van der Waals surface area (Å²) in [5.74, 6) is -1.88. The third kappa shape index (κ3) is 5.17. The number of thiazole rings is 1. The topological polar surface area (TPSA) is 108 Å². The largest absolute Gasteiger partial charge is 0.344 e. The van der Waals surface area contributed by atoms with Crippen molar-refractivity contribution in [3.63, 3.8) is 0 Å². The van der Waals surface area contributed by atoms with Gasteiger partial charge in [0.1, 0.15) is 11.9 Å². The average Bonchev–Trinajstić information content (AvgIpc) is 3.21. The maximum absolute atomic E-state index is 13.1. The van der Waals surface area contributed by atoms with Crippen LogP contribution in [0.3, 0.4) is 0 Å². The van der Waals surface area contributed by atoms with Crippen molar-refractivity contribution in [1.82, 2.24) is 14.6 Å². The van der Waals surface area contributed by atoms with Gasteiger partial charge in [-0.2, -0.15) is 4.31 Å². The van der Waals surface area contributed by atoms with Gasteiger partial charge >= 0.3 is 0 Å². The van der Waals surface area contributed by atoms with Crippen LogP contribution < -0.4 is 10.6 Å². The van der Waals surface area contributed by atoms with E-state index in [9.17, 15) is 22.4 Å². The van der Waals surface area contributed by atoms with Crippen molar-refractivity contribution in [2.75, 3.05) is 18.4 Å². The number of nitrogens with zero attached hydrogens (tertiary/aromatic N) is 2. The fraction of sp³-hybridized carbons (Fsp3) is 0.389. The van der Waals surface area contributed by atoms with Crippen LogP contribution in [0, 0.1) is 11.7 Å². The summed E-state index contributed by atoms with van der Waals surface area (Å²) in [5.41, 5.74) is 0. The van der Waals surface area contributed by atoms with Crippen molar-refractivity contribution in [3.8, 4) is 0 Å². The highest BCUT2D eigenvalue weighted by Gasteiger charge is 2.34. The van der Waals surface area contributed by atoms with E-state index in [0.717, 1.165) is 12.1 Å². The van der Waals surface area contributed by atoms with Crippen molar-refractivity contribution in [3.05, 3.63) is 41.7 Å². The number of halogens is 1. The molecule has 11 heteroatoms. The van der Waals surface area contributed by atoms with E-state index in [0.29, 0.717) is 18.0 Å². The van der Waals surface area contributed by atoms with Gasteiger partial charge < -0.3 is 10.6 Å². The molecule has 1 aromatic carbocycles. The Labute approximate surface area is 172 Å². The molecule has 29 heavy (non-hydrogen) atoms. The van der Waals surface area contributed by atoms with Crippen LogP contribution in [0.5, 0.6) is 0 Å². The summed E-state index contributed by atoms with van der Waals surface area (Å²) in [6.45, 7) is 1.84. The molecule has 2 heterocycles. The fourth-order valence-electron chi connectivity index (χ4n) is 3.03. The van der Waals surface area contributed by atoms with E-state index in [1.54, 1.807) is 18.5 Å². The van der Waals surface area contributed by atoms with Gasteiger partial charge in [0.05, 0.1) is 10.8 Å². The molecule has 1 aliphatic rings. The molecule has 8 nitrogen and oxygen atoms in total. The van der Waals surface area contributed by atoms with Crippen LogP contribution in [0.4, 0.5) is 9.52 Å². The summed E-state index contributed by atoms with van der Waals surface area (Å²) < 4.78 is 39.9. The Balaban J connectivity index is 1.61. The number of sulfonamides is 1. The Hall–Kier alpha value is -2.37. The van der Waals surface area contributed by atoms with E-state index >= 15 is 0 Å². The Kier molecular flexibility index (Phi) is 6.60. The maximum atomic E-state index is 13.1. The van der Waals surface area contributed by atoms with E-state index in [4.69, 9.17) is 0 Å². The molecular weight excluding hydrogens is 419 g/mol. The number of carbonyl (C=O) groups excluding carboxylic acids is 2. The summed E-state index contributed by atoms with van der Waals surface area (Å²) in [4.78, 5) is 28.7. The van der Waals surface area contributed by atoms with Crippen LogP contribution in [-0.4, -0.2) is 48.7 Å². The van der Waals surface area contributed by atoms with Gasteiger partial charge in [0, 0.05) is 24.7 Å². The second kappa shape index (κ2) is 8.97. The molecule has 0 bridgehead atoms. The number of hydrogen-bond donors (Lipinski definition) is 2. The lowest BCUT2D eigenvalue weighted by molar-refractivity contribution is -0.129. The third-order valence-electron chi connectivity index (χ3n) is 4.62. The van der Waals surface area contributed by atoms with Gasteiger partial charge in [-0.1, -0.05) is 0 Å². The lowest BCUT2D eigenvalue weighted by atomic mass is 9.98. The van der Waals surface area contributed by atoms with Crippen molar-refractivity contribution in [2.24, 2.45) is 5.92 Å². The summed E-state index contributed by atoms with van der Waals surface area (Å²) in [5, 5.41) is 7.40. The van der Waals surface area contributed by atoms with Crippen LogP contribution in [0.1, 0.15) is 19.8 Å². The molecule has 156 valence electrons. The highest BCUT2D eigenvalue weighted by Crippen LogP contribution is 2.24. The molecule has 2 atom stereocenters. The first kappa shape index (κ1) is 21.3. The Morgan fingerprint density at radius 3 is 2.69 bits per heavy atom. The smallest absolute Gasteiger partial charge is 0.248 e. The Morgan fingerprint density at radius 2 is 2.03 bits per heavy atom. The normalized spacial score (nSPS) is 18.8. The molecule has 0 saturated carbocycles. The fourth-order valence-corrected chi connectivity index (χ4v) is 5.08. The van der Waals surface area contributed by atoms with Crippen molar-refractivity contribution in [1.29, 1.82) is 0 Å². The quantitative estimate of drug-likeness (QED) is 0.712. The minimum absolute atomic E-state index is 0.00631. The third-order valence-corrected chi connectivity index (χ3v) is 7.19. The molecule has 2 amide bonds. The van der Waals surface area contributed by atoms with E-state index in [1.165, 1.54) is 27.8 Å². The lowest BCUT2D eigenvalue weighted by Gasteiger charge is -2.31. The number of rotatable bonds is 6. The van der Waals surface area contributed by atoms with Gasteiger partial charge in [-0.05, 0) is 44.0 Å². The SMILES string of the molecule is C[C@H](NC(=O)[C@H]1CCCN(S(=O)(=O)c2ccc(F)cc2)C1)C(=O)Nc1nccs1. The Bertz CT molecular complexity index is 964. The maximum Gasteiger partial charge on any atom is 0.248 e. The van der Waals surface area contributed by atoms with Gasteiger partial charge in [0.15, 0.2) is 5.13 Å². The van der Waals surface area contributed by atoms with Crippen LogP contribution in [-0.2, 0) is 19.6 Å². The van der Waals surface area contributed by atoms with Crippen molar-refractivity contribution < 1.29 is 22.4 Å². The van der Waals surface area contributed by atoms with Gasteiger partial charge in [0.2, 0.25) is 21.8 Å². The Morgan fingerprint density at radius 1 is 1.31 bits per heavy atom. The number of hydrogen-bond acceptors (Lipinski definition) is 6. The predicted octanol–water partition coefficient (Wildman–Crippen LogP) is 1.83. The predicted molar refractivity (Wildman–Crippen MR) is 106 cm³/mol. The molecule has 2 aromatic rings. The molecule has 1 aliphatic heterocycles. The minimum Gasteiger partial charge on any atom is -0.344 e. The zero-order valence-electron chi connectivity index (χ0n) is 15.7. The van der Waals surface area contributed by atoms with E-state index in [-0.39, 0.29) is 23.9 Å². The number of anilines is 1. The molecule has 0 spiro atoms. The molecule has 0 aliphatic carbocycles. The summed E-state index contributed by atoms with van der Waals surface area (Å²) in [7, 11) is -3.82. The summed E-state index contributed by atoms with van der Waals surface area (Å²) in [6.07, 6.45) is 2.59. The zero-order valence-corrected chi connectivity index (χ0v) is 17.3. The number of aromatic nitrogens is 1. The lowest BCUT2D eigenvalue weighted by Crippen LogP contribution is -2.49. The van der Waals surface area contributed by atoms with Crippen molar-refractivity contribution >= 4 is 38.3 Å². The highest BCUT2D eigenvalue weighted by atomic mass is 32.2. The first-order valence-electron chi connectivity index (χ1n) is 9.04. The molecule has 1 aromatic heterocycles. The second-order valence-corrected chi connectivity index (χ2v) is 9.55. The van der Waals surface area contributed by atoms with Crippen LogP contribution in [0.2, 0.25) is 0 Å². The number of piperidine rings is 1. The number of amides is 2. The van der Waals surface area contributed by atoms with E-state index in [1.807, 2.05) is 0 Å². The summed E-state index contributed by atoms with van der Waals surface area (Å²) in [6, 6.07) is 3.79. The molecule has 0 unspecified atom stereocenters. The average molecular weight is 441 g/mol. The molecule has 1 saturated heterocycles. The molecule has 2 N–H and O–H groups in total. The van der Waals surface area contributed by atoms with Gasteiger partial charge in [-0.15, -0.1) is 11.3 Å². The minimum atomic E-state index is -3.82. The summed E-state index contributed by atoms with van der Waals surface area (Å²) >= 11 is 1.26. The highest BCUT2D eigenvalue weighted by molar-refractivity contribution is 7.89.